The molecular weight excluding hydrogens is 330 g/mol. The van der Waals surface area contributed by atoms with E-state index in [0.29, 0.717) is 11.7 Å². The molecule has 1 amide bonds. The molecule has 0 saturated heterocycles. The SMILES string of the molecule is Cc1cc(Br)ccc1NC(=O)c1ccc(NC(C)C)cn1. The second-order valence-electron chi connectivity index (χ2n) is 5.14. The average Bonchev–Trinajstić information content (AvgIpc) is 2.42. The molecule has 110 valence electrons. The van der Waals surface area contributed by atoms with Crippen molar-refractivity contribution in [3.8, 4) is 0 Å². The largest absolute Gasteiger partial charge is 0.382 e. The van der Waals surface area contributed by atoms with Crippen LogP contribution in [-0.2, 0) is 0 Å². The van der Waals surface area contributed by atoms with Crippen LogP contribution in [0.3, 0.4) is 0 Å². The van der Waals surface area contributed by atoms with Gasteiger partial charge in [-0.3, -0.25) is 4.79 Å². The molecule has 0 saturated carbocycles. The molecule has 0 aliphatic carbocycles. The average molecular weight is 348 g/mol. The monoisotopic (exact) mass is 347 g/mol. The summed E-state index contributed by atoms with van der Waals surface area (Å²) in [5, 5.41) is 6.11. The molecule has 5 heteroatoms. The highest BCUT2D eigenvalue weighted by molar-refractivity contribution is 9.10. The molecule has 0 aliphatic heterocycles. The molecule has 4 nitrogen and oxygen atoms in total. The van der Waals surface area contributed by atoms with Gasteiger partial charge in [-0.05, 0) is 56.7 Å². The Hall–Kier alpha value is -1.88. The van der Waals surface area contributed by atoms with Gasteiger partial charge in [0.2, 0.25) is 0 Å². The van der Waals surface area contributed by atoms with Gasteiger partial charge in [0, 0.05) is 16.2 Å². The molecule has 1 aromatic carbocycles. The number of anilines is 2. The smallest absolute Gasteiger partial charge is 0.274 e. The van der Waals surface area contributed by atoms with Crippen LogP contribution in [0.15, 0.2) is 41.0 Å². The number of amides is 1. The molecule has 2 aromatic rings. The van der Waals surface area contributed by atoms with Crippen LogP contribution in [-0.4, -0.2) is 16.9 Å². The van der Waals surface area contributed by atoms with Gasteiger partial charge in [0.05, 0.1) is 11.9 Å². The van der Waals surface area contributed by atoms with Crippen LogP contribution in [0, 0.1) is 6.92 Å². The predicted molar refractivity (Wildman–Crippen MR) is 89.8 cm³/mol. The Labute approximate surface area is 133 Å². The first kappa shape index (κ1) is 15.5. The van der Waals surface area contributed by atoms with Crippen LogP contribution < -0.4 is 10.6 Å². The molecule has 0 aliphatic rings. The molecule has 2 N–H and O–H groups in total. The van der Waals surface area contributed by atoms with Crippen molar-refractivity contribution in [3.63, 3.8) is 0 Å². The molecule has 1 heterocycles. The number of hydrogen-bond acceptors (Lipinski definition) is 3. The van der Waals surface area contributed by atoms with Gasteiger partial charge in [0.1, 0.15) is 5.69 Å². The normalized spacial score (nSPS) is 10.5. The van der Waals surface area contributed by atoms with Gasteiger partial charge in [-0.25, -0.2) is 4.98 Å². The summed E-state index contributed by atoms with van der Waals surface area (Å²) >= 11 is 3.40. The Balaban J connectivity index is 2.09. The minimum absolute atomic E-state index is 0.212. The van der Waals surface area contributed by atoms with Crippen LogP contribution in [0.2, 0.25) is 0 Å². The van der Waals surface area contributed by atoms with E-state index in [0.717, 1.165) is 21.4 Å². The van der Waals surface area contributed by atoms with Crippen molar-refractivity contribution in [2.75, 3.05) is 10.6 Å². The topological polar surface area (TPSA) is 54.0 Å². The number of aromatic nitrogens is 1. The molecule has 0 atom stereocenters. The van der Waals surface area contributed by atoms with Crippen LogP contribution in [0.1, 0.15) is 29.9 Å². The van der Waals surface area contributed by atoms with Gasteiger partial charge in [0.25, 0.3) is 5.91 Å². The van der Waals surface area contributed by atoms with Crippen LogP contribution in [0.5, 0.6) is 0 Å². The van der Waals surface area contributed by atoms with Crippen molar-refractivity contribution in [2.24, 2.45) is 0 Å². The zero-order valence-corrected chi connectivity index (χ0v) is 13.9. The lowest BCUT2D eigenvalue weighted by molar-refractivity contribution is 0.102. The number of carbonyl (C=O) groups excluding carboxylic acids is 1. The van der Waals surface area contributed by atoms with Crippen LogP contribution >= 0.6 is 15.9 Å². The van der Waals surface area contributed by atoms with Crippen molar-refractivity contribution < 1.29 is 4.79 Å². The van der Waals surface area contributed by atoms with E-state index in [-0.39, 0.29) is 5.91 Å². The highest BCUT2D eigenvalue weighted by atomic mass is 79.9. The first-order valence-electron chi connectivity index (χ1n) is 6.76. The molecule has 0 fully saturated rings. The fourth-order valence-corrected chi connectivity index (χ4v) is 2.38. The Bertz CT molecular complexity index is 638. The number of pyridine rings is 1. The van der Waals surface area contributed by atoms with E-state index in [4.69, 9.17) is 0 Å². The van der Waals surface area contributed by atoms with Crippen molar-refractivity contribution in [3.05, 3.63) is 52.3 Å². The summed E-state index contributed by atoms with van der Waals surface area (Å²) in [6.45, 7) is 6.05. The van der Waals surface area contributed by atoms with E-state index in [1.165, 1.54) is 0 Å². The Morgan fingerprint density at radius 1 is 1.24 bits per heavy atom. The number of halogens is 1. The van der Waals surface area contributed by atoms with E-state index in [2.05, 4.69) is 45.4 Å². The summed E-state index contributed by atoms with van der Waals surface area (Å²) < 4.78 is 0.986. The van der Waals surface area contributed by atoms with Crippen LogP contribution in [0.4, 0.5) is 11.4 Å². The summed E-state index contributed by atoms with van der Waals surface area (Å²) in [4.78, 5) is 16.4. The third-order valence-electron chi connectivity index (χ3n) is 2.89. The zero-order chi connectivity index (χ0) is 15.4. The maximum atomic E-state index is 12.2. The number of rotatable bonds is 4. The third kappa shape index (κ3) is 4.29. The quantitative estimate of drug-likeness (QED) is 0.870. The first-order chi connectivity index (χ1) is 9.95. The molecule has 1 aromatic heterocycles. The lowest BCUT2D eigenvalue weighted by Gasteiger charge is -2.11. The predicted octanol–water partition coefficient (Wildman–Crippen LogP) is 4.23. The lowest BCUT2D eigenvalue weighted by Crippen LogP contribution is -2.15. The molecule has 2 rings (SSSR count). The molecule has 21 heavy (non-hydrogen) atoms. The number of nitrogens with one attached hydrogen (secondary N) is 2. The molecule has 0 spiro atoms. The van der Waals surface area contributed by atoms with Crippen molar-refractivity contribution in [2.45, 2.75) is 26.8 Å². The highest BCUT2D eigenvalue weighted by Gasteiger charge is 2.09. The molecular formula is C16H18BrN3O. The lowest BCUT2D eigenvalue weighted by atomic mass is 10.2. The number of nitrogens with zero attached hydrogens (tertiary/aromatic N) is 1. The Morgan fingerprint density at radius 3 is 2.57 bits per heavy atom. The summed E-state index contributed by atoms with van der Waals surface area (Å²) in [7, 11) is 0. The van der Waals surface area contributed by atoms with Gasteiger partial charge in [-0.2, -0.15) is 0 Å². The summed E-state index contributed by atoms with van der Waals surface area (Å²) in [5.41, 5.74) is 3.08. The third-order valence-corrected chi connectivity index (χ3v) is 3.38. The van der Waals surface area contributed by atoms with E-state index in [9.17, 15) is 4.79 Å². The van der Waals surface area contributed by atoms with Gasteiger partial charge in [-0.15, -0.1) is 0 Å². The van der Waals surface area contributed by atoms with Crippen molar-refractivity contribution >= 4 is 33.2 Å². The maximum Gasteiger partial charge on any atom is 0.274 e. The molecule has 0 radical (unpaired) electrons. The fourth-order valence-electron chi connectivity index (χ4n) is 1.90. The van der Waals surface area contributed by atoms with E-state index >= 15 is 0 Å². The number of hydrogen-bond donors (Lipinski definition) is 2. The minimum atomic E-state index is -0.212. The van der Waals surface area contributed by atoms with Gasteiger partial charge < -0.3 is 10.6 Å². The number of carbonyl (C=O) groups is 1. The highest BCUT2D eigenvalue weighted by Crippen LogP contribution is 2.20. The molecule has 0 bridgehead atoms. The van der Waals surface area contributed by atoms with Crippen LogP contribution in [0.25, 0.3) is 0 Å². The van der Waals surface area contributed by atoms with E-state index in [1.807, 2.05) is 31.2 Å². The van der Waals surface area contributed by atoms with Gasteiger partial charge >= 0.3 is 0 Å². The second kappa shape index (κ2) is 6.72. The Kier molecular flexibility index (Phi) is 4.96. The first-order valence-corrected chi connectivity index (χ1v) is 7.55. The summed E-state index contributed by atoms with van der Waals surface area (Å²) in [6.07, 6.45) is 1.67. The van der Waals surface area contributed by atoms with Crippen molar-refractivity contribution in [1.82, 2.24) is 4.98 Å². The number of aryl methyl sites for hydroxylation is 1. The van der Waals surface area contributed by atoms with E-state index < -0.39 is 0 Å². The fraction of sp³-hybridized carbons (Fsp3) is 0.250. The number of benzene rings is 1. The maximum absolute atomic E-state index is 12.2. The zero-order valence-electron chi connectivity index (χ0n) is 12.3. The minimum Gasteiger partial charge on any atom is -0.382 e. The van der Waals surface area contributed by atoms with Gasteiger partial charge in [-0.1, -0.05) is 15.9 Å². The standard InChI is InChI=1S/C16H18BrN3O/c1-10(2)19-13-5-7-15(18-9-13)16(21)20-14-6-4-12(17)8-11(14)3/h4-10,19H,1-3H3,(H,20,21). The summed E-state index contributed by atoms with van der Waals surface area (Å²) in [5.74, 6) is -0.212. The molecule has 0 unspecified atom stereocenters. The van der Waals surface area contributed by atoms with Gasteiger partial charge in [0.15, 0.2) is 0 Å². The van der Waals surface area contributed by atoms with E-state index in [1.54, 1.807) is 12.3 Å². The summed E-state index contributed by atoms with van der Waals surface area (Å²) in [6, 6.07) is 9.62. The Morgan fingerprint density at radius 2 is 2.00 bits per heavy atom. The van der Waals surface area contributed by atoms with Crippen molar-refractivity contribution in [1.29, 1.82) is 0 Å². The second-order valence-corrected chi connectivity index (χ2v) is 6.06.